The predicted octanol–water partition coefficient (Wildman–Crippen LogP) is 9.57. The second-order valence-corrected chi connectivity index (χ2v) is 9.15. The van der Waals surface area contributed by atoms with Crippen LogP contribution in [0.1, 0.15) is 21.5 Å². The highest BCUT2D eigenvalue weighted by atomic mass is 19.4. The van der Waals surface area contributed by atoms with E-state index in [0.29, 0.717) is 0 Å². The zero-order valence-corrected chi connectivity index (χ0v) is 21.7. The van der Waals surface area contributed by atoms with Crippen molar-refractivity contribution in [3.63, 3.8) is 0 Å². The molecule has 29 heteroatoms. The lowest BCUT2D eigenvalue weighted by Crippen LogP contribution is -2.69. The molecule has 0 bridgehead atoms. The average molecular weight is 788 g/mol. The van der Waals surface area contributed by atoms with E-state index in [1.165, 1.54) is 0 Å². The zero-order chi connectivity index (χ0) is 40.0. The Morgan fingerprint density at radius 2 is 0.755 bits per heavy atom. The Kier molecular flexibility index (Phi) is 10.1. The van der Waals surface area contributed by atoms with Crippen molar-refractivity contribution >= 4 is 5.97 Å². The van der Waals surface area contributed by atoms with E-state index < -0.39 is 112 Å². The van der Waals surface area contributed by atoms with Crippen LogP contribution < -0.4 is 0 Å². The molecule has 3 nitrogen and oxygen atoms in total. The van der Waals surface area contributed by atoms with Gasteiger partial charge in [0, 0.05) is 5.56 Å². The lowest BCUT2D eigenvalue weighted by atomic mass is 9.85. The van der Waals surface area contributed by atoms with Gasteiger partial charge in [0.1, 0.15) is 11.3 Å². The lowest BCUT2D eigenvalue weighted by molar-refractivity contribution is -0.442. The summed E-state index contributed by atoms with van der Waals surface area (Å²) in [6, 6.07) is -3.71. The smallest absolute Gasteiger partial charge is 0.460 e. The van der Waals surface area contributed by atoms with Crippen LogP contribution in [0.5, 0.6) is 5.75 Å². The van der Waals surface area contributed by atoms with Crippen molar-refractivity contribution in [2.75, 3.05) is 7.11 Å². The molecule has 0 aromatic heterocycles. The van der Waals surface area contributed by atoms with Crippen LogP contribution in [-0.2, 0) is 16.6 Å². The SMILES string of the molecule is COC(=O)c1cc(C(F)(F)C(F)(F)C(F)(F)C(F)(F)C(F)(F)C(F)(F)F)cc(C(F)(F)C(F)(F)C(F)(F)C(F)(F)C(F)(F)C(F)(F)F)c1O. The minimum absolute atomic E-state index is 0.0878. The van der Waals surface area contributed by atoms with Gasteiger partial charge < -0.3 is 9.84 Å². The van der Waals surface area contributed by atoms with Crippen molar-refractivity contribution in [3.8, 4) is 5.75 Å². The number of phenols is 1. The van der Waals surface area contributed by atoms with E-state index >= 15 is 0 Å². The fraction of sp³-hybridized carbons (Fsp3) is 0.650. The second-order valence-electron chi connectivity index (χ2n) is 9.15. The van der Waals surface area contributed by atoms with Gasteiger partial charge in [-0.15, -0.1) is 0 Å². The van der Waals surface area contributed by atoms with Crippen molar-refractivity contribution < 1.29 is 129 Å². The summed E-state index contributed by atoms with van der Waals surface area (Å²) in [6.07, 6.45) is -16.0. The van der Waals surface area contributed by atoms with E-state index in [-0.39, 0.29) is 7.11 Å². The Hall–Kier alpha value is -3.33. The summed E-state index contributed by atoms with van der Waals surface area (Å²) >= 11 is 0. The van der Waals surface area contributed by atoms with Gasteiger partial charge in [0.15, 0.2) is 0 Å². The molecule has 0 saturated carbocycles. The van der Waals surface area contributed by atoms with Crippen molar-refractivity contribution in [3.05, 3.63) is 28.8 Å². The molecule has 0 fully saturated rings. The average Bonchev–Trinajstić information content (AvgIpc) is 2.90. The van der Waals surface area contributed by atoms with E-state index in [9.17, 15) is 124 Å². The first-order valence-electron chi connectivity index (χ1n) is 10.9. The Bertz CT molecular complexity index is 1420. The van der Waals surface area contributed by atoms with Crippen LogP contribution >= 0.6 is 0 Å². The van der Waals surface area contributed by atoms with Gasteiger partial charge in [-0.05, 0) is 12.1 Å². The van der Waals surface area contributed by atoms with Crippen LogP contribution in [0, 0.1) is 0 Å². The molecule has 0 amide bonds. The van der Waals surface area contributed by atoms with Gasteiger partial charge in [-0.3, -0.25) is 0 Å². The van der Waals surface area contributed by atoms with Gasteiger partial charge >= 0.3 is 77.5 Å². The quantitative estimate of drug-likeness (QED) is 0.180. The Morgan fingerprint density at radius 1 is 0.469 bits per heavy atom. The van der Waals surface area contributed by atoms with Gasteiger partial charge in [-0.2, -0.15) is 114 Å². The number of carbonyl (C=O) groups is 1. The van der Waals surface area contributed by atoms with E-state index in [0.717, 1.165) is 0 Å². The number of hydrogen-bond donors (Lipinski definition) is 1. The van der Waals surface area contributed by atoms with Gasteiger partial charge in [0.25, 0.3) is 0 Å². The molecule has 0 heterocycles. The van der Waals surface area contributed by atoms with Crippen LogP contribution in [0.4, 0.5) is 114 Å². The number of phenolic OH excluding ortho intramolecular Hbond substituents is 1. The van der Waals surface area contributed by atoms with Gasteiger partial charge in [0.2, 0.25) is 0 Å². The molecule has 49 heavy (non-hydrogen) atoms. The largest absolute Gasteiger partial charge is 0.507 e. The summed E-state index contributed by atoms with van der Waals surface area (Å²) in [5.41, 5.74) is -11.1. The summed E-state index contributed by atoms with van der Waals surface area (Å²) in [7, 11) is -0.0878. The number of methoxy groups -OCH3 is 1. The Labute approximate surface area is 249 Å². The van der Waals surface area contributed by atoms with Crippen LogP contribution in [-0.4, -0.2) is 77.9 Å². The molecule has 0 saturated heterocycles. The number of benzene rings is 1. The number of rotatable bonds is 11. The van der Waals surface area contributed by atoms with Crippen molar-refractivity contribution in [1.82, 2.24) is 0 Å². The van der Waals surface area contributed by atoms with Gasteiger partial charge in [-0.1, -0.05) is 0 Å². The molecular weight excluding hydrogens is 782 g/mol. The second kappa shape index (κ2) is 11.3. The minimum atomic E-state index is -8.85. The first-order chi connectivity index (χ1) is 21.0. The van der Waals surface area contributed by atoms with Crippen LogP contribution in [0.2, 0.25) is 0 Å². The summed E-state index contributed by atoms with van der Waals surface area (Å²) in [6.45, 7) is 0. The highest BCUT2D eigenvalue weighted by Gasteiger charge is 2.92. The summed E-state index contributed by atoms with van der Waals surface area (Å²) in [4.78, 5) is 11.7. The number of hydrogen-bond acceptors (Lipinski definition) is 3. The molecular formula is C20H6F26O3. The molecule has 1 rings (SSSR count). The molecule has 1 aromatic carbocycles. The zero-order valence-electron chi connectivity index (χ0n) is 21.7. The molecule has 0 atom stereocenters. The maximum Gasteiger partial charge on any atom is 0.460 e. The van der Waals surface area contributed by atoms with E-state index in [1.807, 2.05) is 0 Å². The third-order valence-electron chi connectivity index (χ3n) is 6.08. The fourth-order valence-corrected chi connectivity index (χ4v) is 3.21. The summed E-state index contributed by atoms with van der Waals surface area (Å²) in [5.74, 6) is -91.3. The highest BCUT2D eigenvalue weighted by Crippen LogP contribution is 2.65. The maximum absolute atomic E-state index is 14.7. The summed E-state index contributed by atoms with van der Waals surface area (Å²) in [5, 5.41) is 9.63. The molecule has 0 spiro atoms. The molecule has 286 valence electrons. The highest BCUT2D eigenvalue weighted by molar-refractivity contribution is 5.93. The third-order valence-corrected chi connectivity index (χ3v) is 6.08. The van der Waals surface area contributed by atoms with Gasteiger partial charge in [-0.25, -0.2) is 4.79 Å². The molecule has 0 unspecified atom stereocenters. The predicted molar refractivity (Wildman–Crippen MR) is 98.9 cm³/mol. The molecule has 0 aliphatic rings. The molecule has 0 aliphatic heterocycles. The van der Waals surface area contributed by atoms with Crippen LogP contribution in [0.3, 0.4) is 0 Å². The number of ether oxygens (including phenoxy) is 1. The molecule has 0 radical (unpaired) electrons. The van der Waals surface area contributed by atoms with Crippen LogP contribution in [0.15, 0.2) is 12.1 Å². The fourth-order valence-electron chi connectivity index (χ4n) is 3.21. The van der Waals surface area contributed by atoms with Gasteiger partial charge in [0.05, 0.1) is 12.7 Å². The number of carbonyl (C=O) groups excluding carboxylic acids is 1. The number of alkyl halides is 26. The maximum atomic E-state index is 14.7. The summed E-state index contributed by atoms with van der Waals surface area (Å²) < 4.78 is 355. The molecule has 1 N–H and O–H groups in total. The first kappa shape index (κ1) is 43.7. The van der Waals surface area contributed by atoms with E-state index in [4.69, 9.17) is 0 Å². The van der Waals surface area contributed by atoms with E-state index in [2.05, 4.69) is 4.74 Å². The first-order valence-corrected chi connectivity index (χ1v) is 10.9. The van der Waals surface area contributed by atoms with E-state index in [1.54, 1.807) is 0 Å². The van der Waals surface area contributed by atoms with Crippen molar-refractivity contribution in [2.24, 2.45) is 0 Å². The Morgan fingerprint density at radius 3 is 1.04 bits per heavy atom. The van der Waals surface area contributed by atoms with Crippen molar-refractivity contribution in [2.45, 2.75) is 71.6 Å². The molecule has 1 aromatic rings. The standard InChI is InChI=1S/C20H6F26O3/c1-49-8(48)5-2-4(9(21,22)11(25,26)13(29,30)15(33,34)17(37,38)19(41,42)43)3-6(7(5)47)10(23,24)12(27,28)14(31,32)16(35,36)18(39,40)20(44,45)46/h2-3,47H,1H3. The number of halogens is 26. The number of aromatic hydroxyl groups is 1. The topological polar surface area (TPSA) is 46.5 Å². The number of esters is 1. The Balaban J connectivity index is 4.31. The minimum Gasteiger partial charge on any atom is -0.507 e. The monoisotopic (exact) mass is 788 g/mol. The van der Waals surface area contributed by atoms with Crippen LogP contribution in [0.25, 0.3) is 0 Å². The lowest BCUT2D eigenvalue weighted by Gasteiger charge is -2.41. The molecule has 0 aliphatic carbocycles. The van der Waals surface area contributed by atoms with Crippen molar-refractivity contribution in [1.29, 1.82) is 0 Å². The normalized spacial score (nSPS) is 15.8. The third kappa shape index (κ3) is 5.59.